The van der Waals surface area contributed by atoms with Crippen molar-refractivity contribution in [2.45, 2.75) is 30.7 Å². The van der Waals surface area contributed by atoms with E-state index in [4.69, 9.17) is 0 Å². The topological polar surface area (TPSA) is 88.9 Å². The highest BCUT2D eigenvalue weighted by Crippen LogP contribution is 2.26. The molecule has 2 N–H and O–H groups in total. The van der Waals surface area contributed by atoms with E-state index >= 15 is 0 Å². The first-order chi connectivity index (χ1) is 14.1. The fourth-order valence-corrected chi connectivity index (χ4v) is 3.62. The molecule has 0 spiro atoms. The van der Waals surface area contributed by atoms with Gasteiger partial charge in [0.15, 0.2) is 5.16 Å². The van der Waals surface area contributed by atoms with E-state index in [1.165, 1.54) is 11.8 Å². The zero-order valence-electron chi connectivity index (χ0n) is 16.3. The van der Waals surface area contributed by atoms with Crippen LogP contribution in [0.2, 0.25) is 0 Å². The normalized spacial score (nSPS) is 11.7. The molecule has 0 aliphatic heterocycles. The molecule has 1 atom stereocenters. The summed E-state index contributed by atoms with van der Waals surface area (Å²) in [5.41, 5.74) is 2.04. The van der Waals surface area contributed by atoms with Gasteiger partial charge in [-0.1, -0.05) is 60.3 Å². The quantitative estimate of drug-likeness (QED) is 0.585. The van der Waals surface area contributed by atoms with Gasteiger partial charge in [0.05, 0.1) is 5.25 Å². The first-order valence-electron chi connectivity index (χ1n) is 9.37. The third-order valence-corrected chi connectivity index (χ3v) is 5.19. The van der Waals surface area contributed by atoms with E-state index < -0.39 is 11.3 Å². The van der Waals surface area contributed by atoms with Crippen molar-refractivity contribution >= 4 is 23.7 Å². The van der Waals surface area contributed by atoms with Crippen LogP contribution in [-0.2, 0) is 11.2 Å². The molecule has 2 aromatic carbocycles. The molecular formula is C21H23N5O2S. The maximum absolute atomic E-state index is 12.3. The highest BCUT2D eigenvalue weighted by molar-refractivity contribution is 8.00. The zero-order chi connectivity index (χ0) is 20.6. The molecule has 0 bridgehead atoms. The molecule has 0 saturated heterocycles. The molecule has 1 heterocycles. The van der Waals surface area contributed by atoms with Gasteiger partial charge in [0.1, 0.15) is 5.82 Å². The number of urea groups is 1. The standard InChI is InChI=1S/C21H23N5O2S/c1-3-22-20(28)23-19(27)15(2)29-21-25-24-18(14-16-10-6-4-7-11-16)26(21)17-12-8-5-9-13-17/h4-13,15H,3,14H2,1-2H3,(H2,22,23,27,28). The van der Waals surface area contributed by atoms with Crippen LogP contribution in [-0.4, -0.2) is 38.5 Å². The van der Waals surface area contributed by atoms with Gasteiger partial charge in [0, 0.05) is 18.7 Å². The van der Waals surface area contributed by atoms with E-state index in [9.17, 15) is 9.59 Å². The number of benzene rings is 2. The summed E-state index contributed by atoms with van der Waals surface area (Å²) in [7, 11) is 0. The van der Waals surface area contributed by atoms with E-state index in [-0.39, 0.29) is 5.91 Å². The zero-order valence-corrected chi connectivity index (χ0v) is 17.1. The van der Waals surface area contributed by atoms with E-state index in [2.05, 4.69) is 20.8 Å². The third kappa shape index (κ3) is 5.45. The van der Waals surface area contributed by atoms with Crippen molar-refractivity contribution in [3.05, 3.63) is 72.1 Å². The lowest BCUT2D eigenvalue weighted by Crippen LogP contribution is -2.42. The summed E-state index contributed by atoms with van der Waals surface area (Å²) in [6.07, 6.45) is 0.614. The van der Waals surface area contributed by atoms with Gasteiger partial charge in [-0.2, -0.15) is 0 Å². The number of aromatic nitrogens is 3. The highest BCUT2D eigenvalue weighted by atomic mass is 32.2. The minimum atomic E-state index is -0.520. The summed E-state index contributed by atoms with van der Waals surface area (Å²) in [6, 6.07) is 19.3. The van der Waals surface area contributed by atoms with Crippen LogP contribution < -0.4 is 10.6 Å². The van der Waals surface area contributed by atoms with Gasteiger partial charge in [-0.15, -0.1) is 10.2 Å². The number of imide groups is 1. The molecule has 3 amide bonds. The summed E-state index contributed by atoms with van der Waals surface area (Å²) >= 11 is 1.26. The lowest BCUT2D eigenvalue weighted by Gasteiger charge is -2.13. The van der Waals surface area contributed by atoms with Crippen LogP contribution in [0.5, 0.6) is 0 Å². The van der Waals surface area contributed by atoms with Gasteiger partial charge in [-0.05, 0) is 31.5 Å². The van der Waals surface area contributed by atoms with E-state index in [0.717, 1.165) is 17.1 Å². The Bertz CT molecular complexity index is 960. The largest absolute Gasteiger partial charge is 0.338 e. The summed E-state index contributed by atoms with van der Waals surface area (Å²) in [5, 5.41) is 13.7. The Morgan fingerprint density at radius 1 is 1.03 bits per heavy atom. The smallest absolute Gasteiger partial charge is 0.321 e. The molecule has 1 unspecified atom stereocenters. The summed E-state index contributed by atoms with van der Waals surface area (Å²) in [6.45, 7) is 3.98. The number of amides is 3. The number of hydrogen-bond acceptors (Lipinski definition) is 5. The van der Waals surface area contributed by atoms with Crippen molar-refractivity contribution in [3.8, 4) is 5.69 Å². The molecule has 3 aromatic rings. The number of rotatable bonds is 7. The lowest BCUT2D eigenvalue weighted by molar-refractivity contribution is -0.119. The van der Waals surface area contributed by atoms with Gasteiger partial charge in [-0.25, -0.2) is 4.79 Å². The molecule has 150 valence electrons. The first-order valence-corrected chi connectivity index (χ1v) is 10.3. The van der Waals surface area contributed by atoms with Gasteiger partial charge in [0.25, 0.3) is 0 Å². The molecule has 8 heteroatoms. The second-order valence-electron chi connectivity index (χ2n) is 6.34. The van der Waals surface area contributed by atoms with E-state index in [0.29, 0.717) is 18.1 Å². The Labute approximate surface area is 173 Å². The SMILES string of the molecule is CCNC(=O)NC(=O)C(C)Sc1nnc(Cc2ccccc2)n1-c1ccccc1. The molecule has 0 saturated carbocycles. The van der Waals surface area contributed by atoms with Crippen molar-refractivity contribution in [1.29, 1.82) is 0 Å². The molecule has 3 rings (SSSR count). The van der Waals surface area contributed by atoms with Crippen molar-refractivity contribution in [2.24, 2.45) is 0 Å². The number of carbonyl (C=O) groups excluding carboxylic acids is 2. The lowest BCUT2D eigenvalue weighted by atomic mass is 10.1. The molecule has 0 fully saturated rings. The minimum absolute atomic E-state index is 0.381. The Morgan fingerprint density at radius 2 is 1.69 bits per heavy atom. The Hall–Kier alpha value is -3.13. The van der Waals surface area contributed by atoms with Gasteiger partial charge in [0.2, 0.25) is 5.91 Å². The Balaban J connectivity index is 1.85. The van der Waals surface area contributed by atoms with Gasteiger partial charge >= 0.3 is 6.03 Å². The Morgan fingerprint density at radius 3 is 2.34 bits per heavy atom. The molecule has 0 radical (unpaired) electrons. The van der Waals surface area contributed by atoms with Crippen molar-refractivity contribution in [1.82, 2.24) is 25.4 Å². The van der Waals surface area contributed by atoms with E-state index in [1.54, 1.807) is 13.8 Å². The van der Waals surface area contributed by atoms with Crippen LogP contribution >= 0.6 is 11.8 Å². The third-order valence-electron chi connectivity index (χ3n) is 4.15. The number of para-hydroxylation sites is 1. The van der Waals surface area contributed by atoms with Crippen LogP contribution in [0.1, 0.15) is 25.2 Å². The van der Waals surface area contributed by atoms with Gasteiger partial charge < -0.3 is 5.32 Å². The minimum Gasteiger partial charge on any atom is -0.338 e. The number of thioether (sulfide) groups is 1. The van der Waals surface area contributed by atoms with Crippen LogP contribution in [0, 0.1) is 0 Å². The maximum Gasteiger partial charge on any atom is 0.321 e. The highest BCUT2D eigenvalue weighted by Gasteiger charge is 2.22. The average Bonchev–Trinajstić information content (AvgIpc) is 3.11. The van der Waals surface area contributed by atoms with Crippen molar-refractivity contribution < 1.29 is 9.59 Å². The summed E-state index contributed by atoms with van der Waals surface area (Å²) in [5.74, 6) is 0.398. The van der Waals surface area contributed by atoms with Crippen LogP contribution in [0.15, 0.2) is 65.8 Å². The predicted octanol–water partition coefficient (Wildman–Crippen LogP) is 3.18. The summed E-state index contributed by atoms with van der Waals surface area (Å²) < 4.78 is 1.95. The molecule has 7 nitrogen and oxygen atoms in total. The number of nitrogens with zero attached hydrogens (tertiary/aromatic N) is 3. The monoisotopic (exact) mass is 409 g/mol. The summed E-state index contributed by atoms with van der Waals surface area (Å²) in [4.78, 5) is 23.9. The number of carbonyl (C=O) groups is 2. The predicted molar refractivity (Wildman–Crippen MR) is 113 cm³/mol. The fraction of sp³-hybridized carbons (Fsp3) is 0.238. The van der Waals surface area contributed by atoms with Crippen LogP contribution in [0.25, 0.3) is 5.69 Å². The van der Waals surface area contributed by atoms with Crippen molar-refractivity contribution in [2.75, 3.05) is 6.54 Å². The maximum atomic E-state index is 12.3. The number of nitrogens with one attached hydrogen (secondary N) is 2. The molecular weight excluding hydrogens is 386 g/mol. The molecule has 0 aliphatic carbocycles. The van der Waals surface area contributed by atoms with Crippen LogP contribution in [0.3, 0.4) is 0 Å². The average molecular weight is 410 g/mol. The first kappa shape index (κ1) is 20.6. The second-order valence-corrected chi connectivity index (χ2v) is 7.65. The number of hydrogen-bond donors (Lipinski definition) is 2. The molecule has 0 aliphatic rings. The van der Waals surface area contributed by atoms with Crippen LogP contribution in [0.4, 0.5) is 4.79 Å². The molecule has 1 aromatic heterocycles. The fourth-order valence-electron chi connectivity index (χ4n) is 2.74. The molecule has 29 heavy (non-hydrogen) atoms. The van der Waals surface area contributed by atoms with Gasteiger partial charge in [-0.3, -0.25) is 14.7 Å². The second kappa shape index (κ2) is 9.88. The van der Waals surface area contributed by atoms with E-state index in [1.807, 2.05) is 65.2 Å². The van der Waals surface area contributed by atoms with Crippen molar-refractivity contribution in [3.63, 3.8) is 0 Å². The Kier molecular flexibility index (Phi) is 7.02.